The SMILES string of the molecule is CC(C)(C)c1cc2c(O)c(c1)Cc1cc(C(C)(C)C)cc3c1OCc1cccc(c1)COc1c4cc(C(C)(C)C)cc1Cc1cc(C(C)(C)C)cc(c1O)Cc1cc(C(C)(C)C)cc(c1OCc1cccc(c1)COc1c(cc(C(C)(C)C)cc1Cc1cc(C(C)(C)C)cc(c1O)C4)C2)Cc1cc(C(C)(C)C)cc(c1O)C3. The summed E-state index contributed by atoms with van der Waals surface area (Å²) in [5.41, 5.74) is 23.3. The van der Waals surface area contributed by atoms with Crippen molar-refractivity contribution in [3.63, 3.8) is 0 Å². The predicted octanol–water partition coefficient (Wildman–Crippen LogP) is 24.9. The van der Waals surface area contributed by atoms with Gasteiger partial charge in [-0.05, 0) is 211 Å². The average Bonchev–Trinajstić information content (AvgIpc) is 0.771. The number of ether oxygens (including phenoxy) is 4. The first-order chi connectivity index (χ1) is 52.1. The highest BCUT2D eigenvalue weighted by Gasteiger charge is 2.33. The van der Waals surface area contributed by atoms with Gasteiger partial charge < -0.3 is 39.4 Å². The van der Waals surface area contributed by atoms with Crippen molar-refractivity contribution in [1.82, 2.24) is 0 Å². The number of hydrogen-bond donors (Lipinski definition) is 4. The van der Waals surface area contributed by atoms with Gasteiger partial charge in [0.25, 0.3) is 0 Å². The summed E-state index contributed by atoms with van der Waals surface area (Å²) < 4.78 is 30.3. The second-order valence-corrected chi connectivity index (χ2v) is 41.3. The van der Waals surface area contributed by atoms with Crippen molar-refractivity contribution in [3.05, 3.63) is 301 Å². The van der Waals surface area contributed by atoms with Gasteiger partial charge in [0.1, 0.15) is 72.4 Å². The molecular formula is C104H124O8. The Morgan fingerprint density at radius 2 is 0.312 bits per heavy atom. The smallest absolute Gasteiger partial charge is 0.126 e. The molecule has 10 aromatic carbocycles. The molecule has 0 spiro atoms. The van der Waals surface area contributed by atoms with Crippen LogP contribution >= 0.6 is 0 Å². The molecule has 14 rings (SSSR count). The molecule has 0 aliphatic carbocycles. The van der Waals surface area contributed by atoms with Crippen molar-refractivity contribution in [2.45, 2.75) is 287 Å². The largest absolute Gasteiger partial charge is 0.507 e. The number of hydrogen-bond acceptors (Lipinski definition) is 8. The van der Waals surface area contributed by atoms with Gasteiger partial charge in [0.15, 0.2) is 0 Å². The quantitative estimate of drug-likeness (QED) is 0.119. The van der Waals surface area contributed by atoms with Crippen LogP contribution in [0.5, 0.6) is 46.0 Å². The molecule has 588 valence electrons. The third kappa shape index (κ3) is 17.5. The highest BCUT2D eigenvalue weighted by molar-refractivity contribution is 5.63. The van der Waals surface area contributed by atoms with Crippen molar-refractivity contribution in [2.24, 2.45) is 0 Å². The highest BCUT2D eigenvalue weighted by Crippen LogP contribution is 2.49. The van der Waals surface area contributed by atoms with Gasteiger partial charge in [0.05, 0.1) is 0 Å². The Morgan fingerprint density at radius 1 is 0.188 bits per heavy atom. The molecule has 24 bridgehead atoms. The van der Waals surface area contributed by atoms with Crippen molar-refractivity contribution in [2.75, 3.05) is 0 Å². The summed E-state index contributed by atoms with van der Waals surface area (Å²) in [4.78, 5) is 0. The Morgan fingerprint density at radius 3 is 0.438 bits per heavy atom. The first-order valence-electron chi connectivity index (χ1n) is 40.8. The lowest BCUT2D eigenvalue weighted by molar-refractivity contribution is 0.293. The minimum atomic E-state index is -0.342. The Kier molecular flexibility index (Phi) is 21.3. The zero-order valence-electron chi connectivity index (χ0n) is 71.8. The Balaban J connectivity index is 1.22. The third-order valence-electron chi connectivity index (χ3n) is 23.5. The van der Waals surface area contributed by atoms with E-state index in [1.165, 1.54) is 0 Å². The van der Waals surface area contributed by atoms with E-state index in [1.54, 1.807) is 0 Å². The van der Waals surface area contributed by atoms with E-state index in [1.807, 2.05) is 0 Å². The third-order valence-corrected chi connectivity index (χ3v) is 23.5. The zero-order chi connectivity index (χ0) is 81.1. The minimum absolute atomic E-state index is 0.198. The van der Waals surface area contributed by atoms with Crippen LogP contribution in [0.15, 0.2) is 146 Å². The van der Waals surface area contributed by atoms with Gasteiger partial charge in [-0.15, -0.1) is 0 Å². The summed E-state index contributed by atoms with van der Waals surface area (Å²) >= 11 is 0. The van der Waals surface area contributed by atoms with E-state index in [-0.39, 0.29) is 92.7 Å². The first-order valence-corrected chi connectivity index (χ1v) is 40.8. The molecule has 4 aliphatic rings. The van der Waals surface area contributed by atoms with E-state index < -0.39 is 0 Å². The molecule has 4 N–H and O–H groups in total. The zero-order valence-corrected chi connectivity index (χ0v) is 71.8. The van der Waals surface area contributed by atoms with Crippen LogP contribution in [-0.4, -0.2) is 20.4 Å². The first kappa shape index (κ1) is 80.6. The molecule has 0 amide bonds. The van der Waals surface area contributed by atoms with Crippen LogP contribution in [0.4, 0.5) is 0 Å². The molecular weight excluding hydrogens is 1380 g/mol. The molecule has 0 saturated heterocycles. The molecule has 0 atom stereocenters. The lowest BCUT2D eigenvalue weighted by Crippen LogP contribution is -2.17. The topological polar surface area (TPSA) is 118 Å². The van der Waals surface area contributed by atoms with E-state index >= 15 is 0 Å². The molecule has 112 heavy (non-hydrogen) atoms. The van der Waals surface area contributed by atoms with Crippen LogP contribution in [0.1, 0.15) is 322 Å². The lowest BCUT2D eigenvalue weighted by Gasteiger charge is -2.28. The second kappa shape index (κ2) is 29.5. The summed E-state index contributed by atoms with van der Waals surface area (Å²) in [6.07, 6.45) is 2.62. The number of phenols is 4. The fourth-order valence-electron chi connectivity index (χ4n) is 16.3. The fourth-order valence-corrected chi connectivity index (χ4v) is 16.3. The van der Waals surface area contributed by atoms with Gasteiger partial charge in [-0.3, -0.25) is 0 Å². The van der Waals surface area contributed by atoms with Gasteiger partial charge in [-0.1, -0.05) is 300 Å². The number of phenolic OH excluding ortho intramolecular Hbond substituents is 4. The Bertz CT molecular complexity index is 4440. The average molecular weight is 1500 g/mol. The summed E-state index contributed by atoms with van der Waals surface area (Å²) in [6, 6.07) is 53.0. The molecule has 8 heteroatoms. The van der Waals surface area contributed by atoms with Gasteiger partial charge in [0, 0.05) is 51.4 Å². The van der Waals surface area contributed by atoms with E-state index in [2.05, 4.69) is 312 Å². The summed E-state index contributed by atoms with van der Waals surface area (Å²) in [5.74, 6) is 3.64. The van der Waals surface area contributed by atoms with Crippen molar-refractivity contribution in [1.29, 1.82) is 0 Å². The van der Waals surface area contributed by atoms with E-state index in [4.69, 9.17) is 18.9 Å². The predicted molar refractivity (Wildman–Crippen MR) is 460 cm³/mol. The van der Waals surface area contributed by atoms with E-state index in [0.29, 0.717) is 74.4 Å². The Hall–Kier alpha value is -9.40. The summed E-state index contributed by atoms with van der Waals surface area (Å²) in [7, 11) is 0. The van der Waals surface area contributed by atoms with Gasteiger partial charge >= 0.3 is 0 Å². The molecule has 8 nitrogen and oxygen atoms in total. The maximum absolute atomic E-state index is 13.6. The fraction of sp³-hybridized carbons (Fsp3) is 0.423. The Labute approximate surface area is 670 Å². The molecule has 10 aromatic rings. The van der Waals surface area contributed by atoms with Gasteiger partial charge in [-0.2, -0.15) is 0 Å². The van der Waals surface area contributed by atoms with Crippen molar-refractivity contribution in [3.8, 4) is 46.0 Å². The van der Waals surface area contributed by atoms with Crippen LogP contribution in [0, 0.1) is 0 Å². The normalized spacial score (nSPS) is 14.8. The van der Waals surface area contributed by atoms with Crippen LogP contribution in [0.25, 0.3) is 0 Å². The van der Waals surface area contributed by atoms with Gasteiger partial charge in [0.2, 0.25) is 0 Å². The molecule has 0 radical (unpaired) electrons. The van der Waals surface area contributed by atoms with Crippen molar-refractivity contribution >= 4 is 0 Å². The number of rotatable bonds is 0. The molecule has 4 heterocycles. The summed E-state index contributed by atoms with van der Waals surface area (Å²) in [6.45, 7) is 54.8. The van der Waals surface area contributed by atoms with Crippen LogP contribution in [0.2, 0.25) is 0 Å². The lowest BCUT2D eigenvalue weighted by atomic mass is 9.79. The second-order valence-electron chi connectivity index (χ2n) is 41.3. The minimum Gasteiger partial charge on any atom is -0.507 e. The molecule has 4 aliphatic heterocycles. The van der Waals surface area contributed by atoms with Crippen LogP contribution in [-0.2, 0) is 121 Å². The number of fused-ring (bicyclic) bond motifs is 4. The monoisotopic (exact) mass is 1500 g/mol. The van der Waals surface area contributed by atoms with Crippen molar-refractivity contribution < 1.29 is 39.4 Å². The molecule has 0 saturated carbocycles. The van der Waals surface area contributed by atoms with E-state index in [9.17, 15) is 20.4 Å². The maximum Gasteiger partial charge on any atom is 0.126 e. The van der Waals surface area contributed by atoms with Crippen LogP contribution in [0.3, 0.4) is 0 Å². The highest BCUT2D eigenvalue weighted by atomic mass is 16.5. The standard InChI is InChI=1S/C104H124O8/c1-97(2,3)81-41-65-33-73-49-85(101(13,14)15)51-75-35-67-43-82(98(4,5)6)45-69(90(67)106)37-77-53-87(103(19,20)21)55-79-39-71-47-84(100(10,11)12)48-72(92(71)108)40-80-56-88(104(22,23)24)54-78(96(80)112-60-64-30-25-27-61(31-64)57-109-93(73)75)38-70-46-83(99(7,8)9)44-68(91(70)107)36-76-52-86(102(16,17)18)50-74(34-66(42-81)89(65)105)94(76)110-58-62-28-26-29-63(32-62)59-111-95(77)79/h25-32,41-56,105-108H,33-40,57-60H2,1-24H3. The number of benzene rings is 10. The maximum atomic E-state index is 13.6. The van der Waals surface area contributed by atoms with Gasteiger partial charge in [-0.25, -0.2) is 0 Å². The molecule has 0 unspecified atom stereocenters. The molecule has 0 aromatic heterocycles. The van der Waals surface area contributed by atoms with E-state index in [0.717, 1.165) is 156 Å². The number of aromatic hydroxyl groups is 4. The summed E-state index contributed by atoms with van der Waals surface area (Å²) in [5, 5.41) is 54.4. The van der Waals surface area contributed by atoms with Crippen LogP contribution < -0.4 is 18.9 Å². The molecule has 0 fully saturated rings.